The minimum Gasteiger partial charge on any atom is -0.465 e. The average Bonchev–Trinajstić information content (AvgIpc) is 2.28. The van der Waals surface area contributed by atoms with Crippen molar-refractivity contribution in [2.24, 2.45) is 5.92 Å². The van der Waals surface area contributed by atoms with Crippen LogP contribution in [-0.4, -0.2) is 23.8 Å². The molecule has 1 N–H and O–H groups in total. The summed E-state index contributed by atoms with van der Waals surface area (Å²) in [5.41, 5.74) is 0. The summed E-state index contributed by atoms with van der Waals surface area (Å²) in [5.74, 6) is -0.162. The van der Waals surface area contributed by atoms with E-state index in [9.17, 15) is 9.90 Å². The average molecular weight is 228 g/mol. The molecule has 0 aromatic rings. The predicted octanol–water partition coefficient (Wildman–Crippen LogP) is 2.66. The van der Waals surface area contributed by atoms with Crippen LogP contribution in [-0.2, 0) is 9.53 Å². The molecule has 0 aromatic heterocycles. The SMILES string of the molecule is CCCCCCOC(=O)C1CCCC(O)C1. The Hall–Kier alpha value is -0.570. The van der Waals surface area contributed by atoms with Gasteiger partial charge in [0.2, 0.25) is 0 Å². The number of hydrogen-bond acceptors (Lipinski definition) is 3. The number of rotatable bonds is 6. The van der Waals surface area contributed by atoms with Crippen molar-refractivity contribution in [3.63, 3.8) is 0 Å². The van der Waals surface area contributed by atoms with E-state index in [0.29, 0.717) is 13.0 Å². The van der Waals surface area contributed by atoms with Crippen molar-refractivity contribution in [2.75, 3.05) is 6.61 Å². The zero-order valence-corrected chi connectivity index (χ0v) is 10.3. The van der Waals surface area contributed by atoms with Gasteiger partial charge >= 0.3 is 5.97 Å². The van der Waals surface area contributed by atoms with Gasteiger partial charge in [0.15, 0.2) is 0 Å². The highest BCUT2D eigenvalue weighted by molar-refractivity contribution is 5.72. The molecule has 1 saturated carbocycles. The van der Waals surface area contributed by atoms with Crippen LogP contribution in [0, 0.1) is 5.92 Å². The van der Waals surface area contributed by atoms with Gasteiger partial charge in [-0.15, -0.1) is 0 Å². The monoisotopic (exact) mass is 228 g/mol. The van der Waals surface area contributed by atoms with Gasteiger partial charge < -0.3 is 9.84 Å². The molecule has 94 valence electrons. The van der Waals surface area contributed by atoms with Gasteiger partial charge in [-0.2, -0.15) is 0 Å². The Morgan fingerprint density at radius 1 is 1.31 bits per heavy atom. The molecule has 0 aliphatic heterocycles. The summed E-state index contributed by atoms with van der Waals surface area (Å²) in [6.07, 6.45) is 7.45. The third kappa shape index (κ3) is 4.97. The maximum absolute atomic E-state index is 11.6. The maximum Gasteiger partial charge on any atom is 0.309 e. The Bertz CT molecular complexity index is 203. The molecule has 0 aromatic carbocycles. The Morgan fingerprint density at radius 3 is 2.81 bits per heavy atom. The lowest BCUT2D eigenvalue weighted by molar-refractivity contribution is -0.151. The number of esters is 1. The van der Waals surface area contributed by atoms with E-state index < -0.39 is 0 Å². The van der Waals surface area contributed by atoms with Crippen molar-refractivity contribution in [2.45, 2.75) is 64.4 Å². The molecular weight excluding hydrogens is 204 g/mol. The highest BCUT2D eigenvalue weighted by Gasteiger charge is 2.26. The number of unbranched alkanes of at least 4 members (excludes halogenated alkanes) is 3. The second kappa shape index (κ2) is 7.66. The molecule has 0 heterocycles. The van der Waals surface area contributed by atoms with Crippen LogP contribution in [0.4, 0.5) is 0 Å². The van der Waals surface area contributed by atoms with Gasteiger partial charge in [-0.25, -0.2) is 0 Å². The van der Waals surface area contributed by atoms with E-state index in [4.69, 9.17) is 4.74 Å². The van der Waals surface area contributed by atoms with Crippen LogP contribution in [0.15, 0.2) is 0 Å². The van der Waals surface area contributed by atoms with E-state index in [1.165, 1.54) is 12.8 Å². The number of hydrogen-bond donors (Lipinski definition) is 1. The number of ether oxygens (including phenoxy) is 1. The maximum atomic E-state index is 11.6. The lowest BCUT2D eigenvalue weighted by Gasteiger charge is -2.24. The van der Waals surface area contributed by atoms with E-state index in [2.05, 4.69) is 6.92 Å². The van der Waals surface area contributed by atoms with E-state index in [-0.39, 0.29) is 18.0 Å². The summed E-state index contributed by atoms with van der Waals surface area (Å²) >= 11 is 0. The van der Waals surface area contributed by atoms with Crippen molar-refractivity contribution in [1.82, 2.24) is 0 Å². The van der Waals surface area contributed by atoms with Crippen molar-refractivity contribution in [3.05, 3.63) is 0 Å². The predicted molar refractivity (Wildman–Crippen MR) is 63.1 cm³/mol. The first-order chi connectivity index (χ1) is 7.74. The number of carbonyl (C=O) groups is 1. The summed E-state index contributed by atoms with van der Waals surface area (Å²) in [6, 6.07) is 0. The molecule has 0 bridgehead atoms. The second-order valence-electron chi connectivity index (χ2n) is 4.75. The molecule has 2 atom stereocenters. The van der Waals surface area contributed by atoms with Crippen LogP contribution in [0.3, 0.4) is 0 Å². The fourth-order valence-corrected chi connectivity index (χ4v) is 2.20. The highest BCUT2D eigenvalue weighted by Crippen LogP contribution is 2.25. The summed E-state index contributed by atoms with van der Waals surface area (Å²) in [5, 5.41) is 9.46. The van der Waals surface area contributed by atoms with Crippen LogP contribution in [0.2, 0.25) is 0 Å². The summed E-state index contributed by atoms with van der Waals surface area (Å²) in [7, 11) is 0. The first kappa shape index (κ1) is 13.5. The van der Waals surface area contributed by atoms with Gasteiger partial charge in [0.05, 0.1) is 18.6 Å². The van der Waals surface area contributed by atoms with Gasteiger partial charge in [-0.05, 0) is 25.7 Å². The second-order valence-corrected chi connectivity index (χ2v) is 4.75. The first-order valence-electron chi connectivity index (χ1n) is 6.58. The fraction of sp³-hybridized carbons (Fsp3) is 0.923. The molecule has 0 spiro atoms. The molecule has 1 rings (SSSR count). The van der Waals surface area contributed by atoms with Crippen molar-refractivity contribution in [3.8, 4) is 0 Å². The molecule has 3 nitrogen and oxygen atoms in total. The molecule has 2 unspecified atom stereocenters. The first-order valence-corrected chi connectivity index (χ1v) is 6.58. The lowest BCUT2D eigenvalue weighted by Crippen LogP contribution is -2.27. The highest BCUT2D eigenvalue weighted by atomic mass is 16.5. The molecule has 1 aliphatic carbocycles. The smallest absolute Gasteiger partial charge is 0.309 e. The Labute approximate surface area is 98.2 Å². The zero-order valence-electron chi connectivity index (χ0n) is 10.3. The third-order valence-corrected chi connectivity index (χ3v) is 3.22. The Morgan fingerprint density at radius 2 is 2.12 bits per heavy atom. The zero-order chi connectivity index (χ0) is 11.8. The molecule has 0 amide bonds. The van der Waals surface area contributed by atoms with Gasteiger partial charge in [0.1, 0.15) is 0 Å². The van der Waals surface area contributed by atoms with E-state index >= 15 is 0 Å². The minimum atomic E-state index is -0.300. The largest absolute Gasteiger partial charge is 0.465 e. The number of carbonyl (C=O) groups excluding carboxylic acids is 1. The quantitative estimate of drug-likeness (QED) is 0.561. The summed E-state index contributed by atoms with van der Waals surface area (Å²) < 4.78 is 5.23. The molecule has 1 fully saturated rings. The van der Waals surface area contributed by atoms with Crippen molar-refractivity contribution >= 4 is 5.97 Å². The van der Waals surface area contributed by atoms with E-state index in [0.717, 1.165) is 32.1 Å². The molecule has 16 heavy (non-hydrogen) atoms. The molecule has 3 heteroatoms. The van der Waals surface area contributed by atoms with Gasteiger partial charge in [-0.1, -0.05) is 32.6 Å². The Kier molecular flexibility index (Phi) is 6.46. The van der Waals surface area contributed by atoms with Gasteiger partial charge in [-0.3, -0.25) is 4.79 Å². The standard InChI is InChI=1S/C13H24O3/c1-2-3-4-5-9-16-13(15)11-7-6-8-12(14)10-11/h11-12,14H,2-10H2,1H3. The lowest BCUT2D eigenvalue weighted by atomic mass is 9.87. The van der Waals surface area contributed by atoms with Gasteiger partial charge in [0.25, 0.3) is 0 Å². The van der Waals surface area contributed by atoms with E-state index in [1.807, 2.05) is 0 Å². The fourth-order valence-electron chi connectivity index (χ4n) is 2.20. The van der Waals surface area contributed by atoms with Crippen LogP contribution < -0.4 is 0 Å². The normalized spacial score (nSPS) is 25.4. The molecule has 0 saturated heterocycles. The molecular formula is C13H24O3. The number of aliphatic hydroxyl groups is 1. The number of aliphatic hydroxyl groups excluding tert-OH is 1. The van der Waals surface area contributed by atoms with Gasteiger partial charge in [0, 0.05) is 0 Å². The third-order valence-electron chi connectivity index (χ3n) is 3.22. The summed E-state index contributed by atoms with van der Waals surface area (Å²) in [4.78, 5) is 11.6. The van der Waals surface area contributed by atoms with Crippen molar-refractivity contribution < 1.29 is 14.6 Å². The topological polar surface area (TPSA) is 46.5 Å². The summed E-state index contributed by atoms with van der Waals surface area (Å²) in [6.45, 7) is 2.71. The van der Waals surface area contributed by atoms with Crippen molar-refractivity contribution in [1.29, 1.82) is 0 Å². The van der Waals surface area contributed by atoms with Crippen LogP contribution in [0.25, 0.3) is 0 Å². The Balaban J connectivity index is 2.09. The minimum absolute atomic E-state index is 0.0603. The molecule has 0 radical (unpaired) electrons. The van der Waals surface area contributed by atoms with Crippen LogP contribution in [0.5, 0.6) is 0 Å². The van der Waals surface area contributed by atoms with E-state index in [1.54, 1.807) is 0 Å². The van der Waals surface area contributed by atoms with Crippen LogP contribution in [0.1, 0.15) is 58.3 Å². The molecule has 1 aliphatic rings. The van der Waals surface area contributed by atoms with Crippen LogP contribution >= 0.6 is 0 Å².